The van der Waals surface area contributed by atoms with Crippen molar-refractivity contribution < 1.29 is 18.1 Å². The van der Waals surface area contributed by atoms with Gasteiger partial charge in [0.2, 0.25) is 21.7 Å². The summed E-state index contributed by atoms with van der Waals surface area (Å²) in [6.07, 6.45) is 0. The second-order valence-corrected chi connectivity index (χ2v) is 9.63. The fourth-order valence-corrected chi connectivity index (χ4v) is 4.27. The zero-order valence-electron chi connectivity index (χ0n) is 15.1. The maximum Gasteiger partial charge on any atom is 0.246 e. The van der Waals surface area contributed by atoms with E-state index in [1.54, 1.807) is 18.2 Å². The van der Waals surface area contributed by atoms with Crippen LogP contribution in [-0.4, -0.2) is 45.2 Å². The quantitative estimate of drug-likeness (QED) is 0.360. The van der Waals surface area contributed by atoms with E-state index in [-0.39, 0.29) is 27.2 Å². The lowest BCUT2D eigenvalue weighted by atomic mass is 10.3. The molecular weight excluding hydrogens is 461 g/mol. The van der Waals surface area contributed by atoms with Crippen molar-refractivity contribution in [2.45, 2.75) is 4.90 Å². The molecule has 0 aliphatic carbocycles. The molecule has 0 amide bonds. The molecule has 0 bridgehead atoms. The Kier molecular flexibility index (Phi) is 6.17. The van der Waals surface area contributed by atoms with E-state index >= 15 is 0 Å². The molecule has 2 aromatic carbocycles. The van der Waals surface area contributed by atoms with E-state index in [0.717, 1.165) is 4.31 Å². The van der Waals surface area contributed by atoms with Crippen molar-refractivity contribution in [2.24, 2.45) is 0 Å². The maximum absolute atomic E-state index is 12.4. The van der Waals surface area contributed by atoms with Crippen LogP contribution in [0.2, 0.25) is 10.0 Å². The first-order valence-corrected chi connectivity index (χ1v) is 11.2. The highest BCUT2D eigenvalue weighted by Crippen LogP contribution is 2.38. The molecule has 0 saturated heterocycles. The van der Waals surface area contributed by atoms with Gasteiger partial charge in [0.15, 0.2) is 16.9 Å². The molecule has 0 aliphatic heterocycles. The number of sulfonamides is 1. The minimum atomic E-state index is -3.88. The summed E-state index contributed by atoms with van der Waals surface area (Å²) in [5, 5.41) is 16.6. The van der Waals surface area contributed by atoms with Gasteiger partial charge in [-0.2, -0.15) is 0 Å². The third kappa shape index (κ3) is 4.39. The van der Waals surface area contributed by atoms with Gasteiger partial charge in [-0.05, 0) is 24.3 Å². The number of rotatable bonds is 6. The van der Waals surface area contributed by atoms with Crippen LogP contribution in [0.1, 0.15) is 0 Å². The van der Waals surface area contributed by atoms with Gasteiger partial charge in [-0.25, -0.2) is 12.7 Å². The van der Waals surface area contributed by atoms with Gasteiger partial charge >= 0.3 is 0 Å². The normalized spacial score (nSPS) is 12.3. The van der Waals surface area contributed by atoms with Gasteiger partial charge < -0.3 is 20.3 Å². The number of hydrogen-bond acceptors (Lipinski definition) is 8. The Morgan fingerprint density at radius 2 is 1.59 bits per heavy atom. The second-order valence-electron chi connectivity index (χ2n) is 5.90. The predicted octanol–water partition coefficient (Wildman–Crippen LogP) is 3.95. The third-order valence-electron chi connectivity index (χ3n) is 3.78. The van der Waals surface area contributed by atoms with Crippen LogP contribution in [0, 0.1) is 0 Å². The molecule has 0 saturated carbocycles. The predicted molar refractivity (Wildman–Crippen MR) is 113 cm³/mol. The number of nitrogens with zero attached hydrogens (tertiary/aromatic N) is 3. The van der Waals surface area contributed by atoms with Crippen molar-refractivity contribution in [2.75, 3.05) is 24.7 Å². The summed E-state index contributed by atoms with van der Waals surface area (Å²) in [7, 11) is -1.18. The SMILES string of the molecule is CN(C)S(=O)(=O)c1cccc(Nc2n[s+]([O-])nc2Nc2cccc(Cl)c2Cl)c1O. The molecule has 0 spiro atoms. The van der Waals surface area contributed by atoms with E-state index < -0.39 is 26.9 Å². The number of hydrogen-bond donors (Lipinski definition) is 3. The number of aromatic nitrogens is 2. The Bertz CT molecular complexity index is 1170. The fourth-order valence-electron chi connectivity index (χ4n) is 2.31. The van der Waals surface area contributed by atoms with Crippen LogP contribution in [0.25, 0.3) is 0 Å². The van der Waals surface area contributed by atoms with Crippen molar-refractivity contribution in [3.05, 3.63) is 46.4 Å². The molecule has 13 heteroatoms. The number of anilines is 4. The molecule has 9 nitrogen and oxygen atoms in total. The molecule has 3 N–H and O–H groups in total. The summed E-state index contributed by atoms with van der Waals surface area (Å²) < 4.78 is 45.2. The number of halogens is 2. The molecule has 154 valence electrons. The van der Waals surface area contributed by atoms with E-state index in [4.69, 9.17) is 23.2 Å². The summed E-state index contributed by atoms with van der Waals surface area (Å²) in [6, 6.07) is 9.06. The van der Waals surface area contributed by atoms with Crippen molar-refractivity contribution in [3.63, 3.8) is 0 Å². The van der Waals surface area contributed by atoms with Crippen LogP contribution in [-0.2, 0) is 10.0 Å². The first-order chi connectivity index (χ1) is 13.6. The molecule has 29 heavy (non-hydrogen) atoms. The van der Waals surface area contributed by atoms with Gasteiger partial charge in [0.25, 0.3) is 0 Å². The second kappa shape index (κ2) is 8.30. The average molecular weight is 476 g/mol. The summed E-state index contributed by atoms with van der Waals surface area (Å²) in [4.78, 5) is -0.295. The molecule has 1 unspecified atom stereocenters. The first-order valence-electron chi connectivity index (χ1n) is 7.93. The van der Waals surface area contributed by atoms with Crippen LogP contribution in [0.5, 0.6) is 5.75 Å². The minimum absolute atomic E-state index is 0.0223. The van der Waals surface area contributed by atoms with Crippen molar-refractivity contribution in [1.82, 2.24) is 13.1 Å². The molecule has 0 radical (unpaired) electrons. The molecule has 3 aromatic rings. The molecule has 1 aromatic heterocycles. The number of benzene rings is 2. The average Bonchev–Trinajstić information content (AvgIpc) is 2.99. The van der Waals surface area contributed by atoms with Crippen molar-refractivity contribution in [1.29, 1.82) is 0 Å². The Labute approximate surface area is 180 Å². The third-order valence-corrected chi connectivity index (χ3v) is 7.12. The largest absolute Gasteiger partial charge is 0.546 e. The van der Waals surface area contributed by atoms with Crippen LogP contribution >= 0.6 is 34.3 Å². The number of para-hydroxylation sites is 1. The van der Waals surface area contributed by atoms with E-state index in [2.05, 4.69) is 19.4 Å². The molecule has 1 heterocycles. The lowest BCUT2D eigenvalue weighted by Crippen LogP contribution is -2.22. The fraction of sp³-hybridized carbons (Fsp3) is 0.125. The van der Waals surface area contributed by atoms with Gasteiger partial charge in [-0.15, -0.1) is 0 Å². The van der Waals surface area contributed by atoms with Gasteiger partial charge in [-0.1, -0.05) is 35.3 Å². The number of nitrogens with one attached hydrogen (secondary N) is 2. The zero-order chi connectivity index (χ0) is 21.3. The minimum Gasteiger partial charge on any atom is -0.546 e. The van der Waals surface area contributed by atoms with Crippen molar-refractivity contribution >= 4 is 67.4 Å². The van der Waals surface area contributed by atoms with Gasteiger partial charge in [0.1, 0.15) is 4.90 Å². The Morgan fingerprint density at radius 3 is 2.21 bits per heavy atom. The molecular formula is C16H15Cl2N5O4S2. The smallest absolute Gasteiger partial charge is 0.246 e. The van der Waals surface area contributed by atoms with Crippen LogP contribution in [0.15, 0.2) is 41.3 Å². The Morgan fingerprint density at radius 1 is 1.03 bits per heavy atom. The lowest BCUT2D eigenvalue weighted by Gasteiger charge is -2.15. The van der Waals surface area contributed by atoms with Crippen LogP contribution in [0.3, 0.4) is 0 Å². The lowest BCUT2D eigenvalue weighted by molar-refractivity contribution is 0.454. The Hall–Kier alpha value is -2.15. The summed E-state index contributed by atoms with van der Waals surface area (Å²) in [5.41, 5.74) is 0.441. The summed E-state index contributed by atoms with van der Waals surface area (Å²) in [5.74, 6) is -0.413. The van der Waals surface area contributed by atoms with E-state index in [1.807, 2.05) is 0 Å². The topological polar surface area (TPSA) is 131 Å². The number of aromatic hydroxyl groups is 1. The van der Waals surface area contributed by atoms with E-state index in [9.17, 15) is 18.1 Å². The number of phenolic OH excluding ortho intramolecular Hbond substituents is 1. The highest BCUT2D eigenvalue weighted by atomic mass is 35.5. The molecule has 3 rings (SSSR count). The zero-order valence-corrected chi connectivity index (χ0v) is 18.2. The van der Waals surface area contributed by atoms with Crippen LogP contribution < -0.4 is 10.6 Å². The van der Waals surface area contributed by atoms with Gasteiger partial charge in [0, 0.05) is 22.8 Å². The standard InChI is InChI=1S/C16H15Cl2N5O4S2/c1-23(2)29(26,27)12-8-4-7-11(14(12)24)20-16-15(21-28(25)22-16)19-10-6-3-5-9(17)13(10)18/h3-8,24H,1-2H3,(H,19,21)(H,20,22). The maximum atomic E-state index is 12.4. The van der Waals surface area contributed by atoms with Gasteiger partial charge in [0.05, 0.1) is 21.4 Å². The highest BCUT2D eigenvalue weighted by molar-refractivity contribution is 7.89. The van der Waals surface area contributed by atoms with Crippen LogP contribution in [0.4, 0.5) is 23.0 Å². The molecule has 0 fully saturated rings. The van der Waals surface area contributed by atoms with Gasteiger partial charge in [-0.3, -0.25) is 0 Å². The monoisotopic (exact) mass is 475 g/mol. The number of phenols is 1. The summed E-state index contributed by atoms with van der Waals surface area (Å²) in [6.45, 7) is 0. The first kappa shape index (κ1) is 21.6. The van der Waals surface area contributed by atoms with Crippen molar-refractivity contribution in [3.8, 4) is 5.75 Å². The highest BCUT2D eigenvalue weighted by Gasteiger charge is 2.25. The molecule has 1 atom stereocenters. The van der Waals surface area contributed by atoms with E-state index in [1.165, 1.54) is 32.3 Å². The summed E-state index contributed by atoms with van der Waals surface area (Å²) >= 11 is 10.2. The molecule has 0 aliphatic rings. The Balaban J connectivity index is 1.98. The van der Waals surface area contributed by atoms with E-state index in [0.29, 0.717) is 10.7 Å².